The first-order valence-electron chi connectivity index (χ1n) is 5.78. The van der Waals surface area contributed by atoms with Crippen LogP contribution in [0.15, 0.2) is 18.3 Å². The predicted octanol–water partition coefficient (Wildman–Crippen LogP) is 2.21. The number of halogens is 2. The number of amides is 1. The summed E-state index contributed by atoms with van der Waals surface area (Å²) in [7, 11) is 0. The maximum absolute atomic E-state index is 11.1. The number of piperazine rings is 1. The zero-order chi connectivity index (χ0) is 13.5. The summed E-state index contributed by atoms with van der Waals surface area (Å²) in [6.07, 6.45) is 1.56. The van der Waals surface area contributed by atoms with Gasteiger partial charge in [0.1, 0.15) is 5.15 Å². The third-order valence-corrected chi connectivity index (χ3v) is 2.88. The minimum atomic E-state index is 0.223. The molecular weight excluding hydrogens is 273 g/mol. The van der Waals surface area contributed by atoms with Crippen LogP contribution in [-0.2, 0) is 4.79 Å². The van der Waals surface area contributed by atoms with E-state index in [-0.39, 0.29) is 5.91 Å². The van der Waals surface area contributed by atoms with Crippen LogP contribution >= 0.6 is 23.2 Å². The fourth-order valence-electron chi connectivity index (χ4n) is 1.55. The van der Waals surface area contributed by atoms with E-state index >= 15 is 0 Å². The van der Waals surface area contributed by atoms with Gasteiger partial charge in [0.15, 0.2) is 0 Å². The van der Waals surface area contributed by atoms with Gasteiger partial charge in [-0.2, -0.15) is 0 Å². The number of pyridine rings is 1. The molecule has 0 atom stereocenters. The molecule has 0 spiro atoms. The smallest absolute Gasteiger partial charge is 0.236 e. The van der Waals surface area contributed by atoms with E-state index in [0.29, 0.717) is 22.8 Å². The number of carbonyl (C=O) groups is 1. The molecule has 6 heteroatoms. The Morgan fingerprint density at radius 3 is 2.56 bits per heavy atom. The van der Waals surface area contributed by atoms with Crippen molar-refractivity contribution >= 4 is 29.1 Å². The lowest BCUT2D eigenvalue weighted by Crippen LogP contribution is -2.50. The van der Waals surface area contributed by atoms with Gasteiger partial charge in [0.25, 0.3) is 0 Å². The molecule has 2 heterocycles. The van der Waals surface area contributed by atoms with Crippen molar-refractivity contribution in [2.75, 3.05) is 19.6 Å². The van der Waals surface area contributed by atoms with E-state index in [2.05, 4.69) is 10.3 Å². The molecule has 1 N–H and O–H groups in total. The molecule has 1 aromatic rings. The quantitative estimate of drug-likeness (QED) is 0.807. The van der Waals surface area contributed by atoms with E-state index in [1.165, 1.54) is 0 Å². The molecule has 100 valence electrons. The van der Waals surface area contributed by atoms with Crippen LogP contribution in [0.3, 0.4) is 0 Å². The van der Waals surface area contributed by atoms with Gasteiger partial charge >= 0.3 is 0 Å². The Balaban J connectivity index is 0.000000184. The van der Waals surface area contributed by atoms with Crippen LogP contribution in [0.4, 0.5) is 0 Å². The summed E-state index contributed by atoms with van der Waals surface area (Å²) in [5, 5.41) is 4.07. The Labute approximate surface area is 117 Å². The summed E-state index contributed by atoms with van der Waals surface area (Å²) < 4.78 is 0. The first kappa shape index (κ1) is 15.2. The molecule has 1 saturated heterocycles. The zero-order valence-corrected chi connectivity index (χ0v) is 12.0. The number of rotatable bonds is 1. The molecule has 0 radical (unpaired) electrons. The highest BCUT2D eigenvalue weighted by molar-refractivity contribution is 6.33. The Morgan fingerprint density at radius 1 is 1.44 bits per heavy atom. The van der Waals surface area contributed by atoms with E-state index in [1.807, 2.05) is 18.7 Å². The number of aromatic nitrogens is 1. The minimum absolute atomic E-state index is 0.223. The molecule has 1 aliphatic rings. The van der Waals surface area contributed by atoms with Gasteiger partial charge in [-0.1, -0.05) is 23.2 Å². The normalized spacial score (nSPS) is 15.4. The van der Waals surface area contributed by atoms with Gasteiger partial charge in [-0.25, -0.2) is 4.98 Å². The first-order chi connectivity index (χ1) is 8.50. The highest BCUT2D eigenvalue weighted by atomic mass is 35.5. The van der Waals surface area contributed by atoms with E-state index < -0.39 is 0 Å². The standard InChI is InChI=1S/C7H14N2O.C5H3Cl2N/c1-6(2)9-4-3-8-5-7(9)10;6-4-1-2-8-5(7)3-4/h6,8H,3-5H2,1-2H3;1-3H. The van der Waals surface area contributed by atoms with E-state index in [1.54, 1.807) is 18.3 Å². The van der Waals surface area contributed by atoms with Crippen molar-refractivity contribution in [3.8, 4) is 0 Å². The second kappa shape index (κ2) is 7.56. The largest absolute Gasteiger partial charge is 0.338 e. The van der Waals surface area contributed by atoms with Crippen molar-refractivity contribution in [3.63, 3.8) is 0 Å². The second-order valence-corrected chi connectivity index (χ2v) is 4.98. The molecule has 0 unspecified atom stereocenters. The molecule has 18 heavy (non-hydrogen) atoms. The summed E-state index contributed by atoms with van der Waals surface area (Å²) in [6.45, 7) is 6.39. The number of hydrogen-bond acceptors (Lipinski definition) is 3. The van der Waals surface area contributed by atoms with Gasteiger partial charge in [-0.15, -0.1) is 0 Å². The van der Waals surface area contributed by atoms with Crippen LogP contribution in [-0.4, -0.2) is 41.5 Å². The Kier molecular flexibility index (Phi) is 6.39. The summed E-state index contributed by atoms with van der Waals surface area (Å²) >= 11 is 11.0. The van der Waals surface area contributed by atoms with Crippen molar-refractivity contribution < 1.29 is 4.79 Å². The van der Waals surface area contributed by atoms with Gasteiger partial charge in [0, 0.05) is 30.4 Å². The van der Waals surface area contributed by atoms with Crippen molar-refractivity contribution in [3.05, 3.63) is 28.5 Å². The zero-order valence-electron chi connectivity index (χ0n) is 10.5. The molecule has 1 fully saturated rings. The lowest BCUT2D eigenvalue weighted by Gasteiger charge is -2.30. The molecule has 2 rings (SSSR count). The van der Waals surface area contributed by atoms with Gasteiger partial charge in [-0.3, -0.25) is 4.79 Å². The van der Waals surface area contributed by atoms with E-state index in [4.69, 9.17) is 23.2 Å². The molecule has 1 amide bonds. The fraction of sp³-hybridized carbons (Fsp3) is 0.500. The lowest BCUT2D eigenvalue weighted by atomic mass is 10.2. The first-order valence-corrected chi connectivity index (χ1v) is 6.53. The molecule has 1 aliphatic heterocycles. The molecule has 0 aromatic carbocycles. The highest BCUT2D eigenvalue weighted by Crippen LogP contribution is 2.10. The van der Waals surface area contributed by atoms with Gasteiger partial charge in [-0.05, 0) is 26.0 Å². The summed E-state index contributed by atoms with van der Waals surface area (Å²) in [5.41, 5.74) is 0. The Hall–Kier alpha value is -0.840. The maximum Gasteiger partial charge on any atom is 0.236 e. The summed E-state index contributed by atoms with van der Waals surface area (Å²) in [5.74, 6) is 0.223. The van der Waals surface area contributed by atoms with Crippen LogP contribution < -0.4 is 5.32 Å². The maximum atomic E-state index is 11.1. The number of carbonyl (C=O) groups excluding carboxylic acids is 1. The van der Waals surface area contributed by atoms with Crippen LogP contribution in [0, 0.1) is 0 Å². The van der Waals surface area contributed by atoms with Crippen molar-refractivity contribution in [2.24, 2.45) is 0 Å². The molecule has 4 nitrogen and oxygen atoms in total. The fourth-order valence-corrected chi connectivity index (χ4v) is 1.94. The minimum Gasteiger partial charge on any atom is -0.338 e. The van der Waals surface area contributed by atoms with Crippen LogP contribution in [0.25, 0.3) is 0 Å². The topological polar surface area (TPSA) is 45.2 Å². The van der Waals surface area contributed by atoms with Crippen molar-refractivity contribution in [1.82, 2.24) is 15.2 Å². The van der Waals surface area contributed by atoms with Crippen LogP contribution in [0.5, 0.6) is 0 Å². The average Bonchev–Trinajstić information content (AvgIpc) is 2.29. The monoisotopic (exact) mass is 289 g/mol. The molecule has 1 aromatic heterocycles. The van der Waals surface area contributed by atoms with Gasteiger partial charge < -0.3 is 10.2 Å². The van der Waals surface area contributed by atoms with Gasteiger partial charge in [0.05, 0.1) is 6.54 Å². The van der Waals surface area contributed by atoms with E-state index in [0.717, 1.165) is 13.1 Å². The third kappa shape index (κ3) is 5.21. The molecule has 0 saturated carbocycles. The SMILES string of the molecule is CC(C)N1CCNCC1=O.Clc1ccnc(Cl)c1. The number of nitrogens with zero attached hydrogens (tertiary/aromatic N) is 2. The van der Waals surface area contributed by atoms with Crippen LogP contribution in [0.2, 0.25) is 10.2 Å². The number of nitrogens with one attached hydrogen (secondary N) is 1. The van der Waals surface area contributed by atoms with Crippen molar-refractivity contribution in [1.29, 1.82) is 0 Å². The molecular formula is C12H17Cl2N3O. The molecule has 0 aliphatic carbocycles. The number of hydrogen-bond donors (Lipinski definition) is 1. The highest BCUT2D eigenvalue weighted by Gasteiger charge is 2.19. The predicted molar refractivity (Wildman–Crippen MR) is 74.0 cm³/mol. The summed E-state index contributed by atoms with van der Waals surface area (Å²) in [6, 6.07) is 3.62. The third-order valence-electron chi connectivity index (χ3n) is 2.44. The summed E-state index contributed by atoms with van der Waals surface area (Å²) in [4.78, 5) is 16.7. The lowest BCUT2D eigenvalue weighted by molar-refractivity contribution is -0.133. The average molecular weight is 290 g/mol. The van der Waals surface area contributed by atoms with Gasteiger partial charge in [0.2, 0.25) is 5.91 Å². The Morgan fingerprint density at radius 2 is 2.17 bits per heavy atom. The Bertz CT molecular complexity index is 381. The molecule has 0 bridgehead atoms. The van der Waals surface area contributed by atoms with Crippen LogP contribution in [0.1, 0.15) is 13.8 Å². The van der Waals surface area contributed by atoms with E-state index in [9.17, 15) is 4.79 Å². The van der Waals surface area contributed by atoms with Crippen molar-refractivity contribution in [2.45, 2.75) is 19.9 Å². The second-order valence-electron chi connectivity index (χ2n) is 4.15.